The van der Waals surface area contributed by atoms with Crippen molar-refractivity contribution in [3.05, 3.63) is 82.6 Å². The Bertz CT molecular complexity index is 985. The summed E-state index contributed by atoms with van der Waals surface area (Å²) in [5.74, 6) is -0.206. The Morgan fingerprint density at radius 1 is 1.10 bits per heavy atom. The van der Waals surface area contributed by atoms with Crippen LogP contribution in [0.4, 0.5) is 0 Å². The van der Waals surface area contributed by atoms with Crippen LogP contribution in [0.25, 0.3) is 5.69 Å². The number of nitrogens with one attached hydrogen (secondary N) is 1. The third kappa shape index (κ3) is 4.40. The van der Waals surface area contributed by atoms with Gasteiger partial charge in [-0.05, 0) is 60.9 Å². The van der Waals surface area contributed by atoms with Crippen LogP contribution in [-0.2, 0) is 11.3 Å². The molecule has 4 rings (SSSR count). The maximum absolute atomic E-state index is 12.8. The first kappa shape index (κ1) is 19.4. The van der Waals surface area contributed by atoms with E-state index in [1.165, 1.54) is 0 Å². The molecule has 1 aliphatic rings. The Hall–Kier alpha value is -2.93. The van der Waals surface area contributed by atoms with Gasteiger partial charge < -0.3 is 10.2 Å². The zero-order valence-electron chi connectivity index (χ0n) is 15.8. The molecule has 1 unspecified atom stereocenters. The molecule has 6 nitrogen and oxygen atoms in total. The molecule has 1 aliphatic heterocycles. The molecule has 2 aromatic carbocycles. The van der Waals surface area contributed by atoms with Crippen LogP contribution in [0.2, 0.25) is 0 Å². The summed E-state index contributed by atoms with van der Waals surface area (Å²) in [6.45, 7) is 1.03. The van der Waals surface area contributed by atoms with Crippen LogP contribution in [-0.4, -0.2) is 39.1 Å². The third-order valence-electron chi connectivity index (χ3n) is 5.08. The molecule has 1 aromatic heterocycles. The topological polar surface area (TPSA) is 67.2 Å². The van der Waals surface area contributed by atoms with Gasteiger partial charge in [0, 0.05) is 35.5 Å². The lowest BCUT2D eigenvalue weighted by atomic mass is 10.1. The fourth-order valence-electron chi connectivity index (χ4n) is 3.54. The number of hydrogen-bond acceptors (Lipinski definition) is 3. The van der Waals surface area contributed by atoms with E-state index in [0.717, 1.165) is 22.1 Å². The van der Waals surface area contributed by atoms with Gasteiger partial charge in [0.25, 0.3) is 5.91 Å². The van der Waals surface area contributed by atoms with Crippen LogP contribution in [0.1, 0.15) is 28.8 Å². The van der Waals surface area contributed by atoms with Crippen molar-refractivity contribution in [2.45, 2.75) is 25.4 Å². The second kappa shape index (κ2) is 8.61. The molecule has 2 heterocycles. The van der Waals surface area contributed by atoms with E-state index in [2.05, 4.69) is 26.3 Å². The van der Waals surface area contributed by atoms with Crippen molar-refractivity contribution in [2.24, 2.45) is 0 Å². The molecule has 1 atom stereocenters. The molecule has 0 saturated carbocycles. The van der Waals surface area contributed by atoms with Crippen molar-refractivity contribution in [3.63, 3.8) is 0 Å². The lowest BCUT2D eigenvalue weighted by Gasteiger charge is -2.24. The number of carbonyl (C=O) groups is 2. The number of hydrogen-bond donors (Lipinski definition) is 1. The van der Waals surface area contributed by atoms with Crippen molar-refractivity contribution in [3.8, 4) is 5.69 Å². The van der Waals surface area contributed by atoms with E-state index >= 15 is 0 Å². The minimum atomic E-state index is -0.422. The molecule has 29 heavy (non-hydrogen) atoms. The van der Waals surface area contributed by atoms with E-state index in [0.29, 0.717) is 25.1 Å². The highest BCUT2D eigenvalue weighted by Crippen LogP contribution is 2.21. The summed E-state index contributed by atoms with van der Waals surface area (Å²) >= 11 is 3.38. The molecule has 1 fully saturated rings. The van der Waals surface area contributed by atoms with Gasteiger partial charge in [0.05, 0.1) is 5.69 Å². The molecule has 0 radical (unpaired) electrons. The van der Waals surface area contributed by atoms with Gasteiger partial charge in [0.1, 0.15) is 6.04 Å². The van der Waals surface area contributed by atoms with Gasteiger partial charge in [-0.25, -0.2) is 4.68 Å². The summed E-state index contributed by atoms with van der Waals surface area (Å²) in [6, 6.07) is 16.6. The number of carbonyl (C=O) groups excluding carboxylic acids is 2. The minimum Gasteiger partial charge on any atom is -0.350 e. The van der Waals surface area contributed by atoms with Gasteiger partial charge in [-0.1, -0.05) is 28.1 Å². The van der Waals surface area contributed by atoms with Crippen LogP contribution >= 0.6 is 15.9 Å². The Morgan fingerprint density at radius 2 is 1.86 bits per heavy atom. The summed E-state index contributed by atoms with van der Waals surface area (Å²) in [4.78, 5) is 27.2. The van der Waals surface area contributed by atoms with E-state index in [-0.39, 0.29) is 11.8 Å². The Labute approximate surface area is 177 Å². The number of halogens is 1. The maximum Gasteiger partial charge on any atom is 0.254 e. The molecular formula is C22H21BrN4O2. The van der Waals surface area contributed by atoms with Gasteiger partial charge >= 0.3 is 0 Å². The predicted octanol–water partition coefficient (Wildman–Crippen LogP) is 3.56. The van der Waals surface area contributed by atoms with Crippen LogP contribution < -0.4 is 5.32 Å². The van der Waals surface area contributed by atoms with Crippen molar-refractivity contribution in [2.75, 3.05) is 6.54 Å². The second-order valence-corrected chi connectivity index (χ2v) is 7.91. The van der Waals surface area contributed by atoms with E-state index in [1.807, 2.05) is 48.7 Å². The average Bonchev–Trinajstić information content (AvgIpc) is 3.44. The smallest absolute Gasteiger partial charge is 0.254 e. The maximum atomic E-state index is 12.8. The Kier molecular flexibility index (Phi) is 5.76. The lowest BCUT2D eigenvalue weighted by Crippen LogP contribution is -2.45. The lowest BCUT2D eigenvalue weighted by molar-refractivity contribution is -0.125. The molecule has 0 spiro atoms. The summed E-state index contributed by atoms with van der Waals surface area (Å²) < 4.78 is 2.70. The molecular weight excluding hydrogens is 432 g/mol. The summed E-state index contributed by atoms with van der Waals surface area (Å²) in [5, 5.41) is 7.18. The standard InChI is InChI=1S/C22H21BrN4O2/c23-18-8-6-17(7-9-18)22(29)26-13-1-3-20(26)21(28)24-15-16-4-10-19(11-5-16)27-14-2-12-25-27/h2,4-12,14,20H,1,3,13,15H2,(H,24,28). The van der Waals surface area contributed by atoms with Gasteiger partial charge in [0.15, 0.2) is 0 Å². The van der Waals surface area contributed by atoms with Gasteiger partial charge in [-0.3, -0.25) is 9.59 Å². The number of aromatic nitrogens is 2. The summed E-state index contributed by atoms with van der Waals surface area (Å²) in [5.41, 5.74) is 2.56. The van der Waals surface area contributed by atoms with E-state index in [4.69, 9.17) is 0 Å². The quantitative estimate of drug-likeness (QED) is 0.643. The molecule has 7 heteroatoms. The van der Waals surface area contributed by atoms with E-state index in [9.17, 15) is 9.59 Å². The second-order valence-electron chi connectivity index (χ2n) is 7.00. The molecule has 1 N–H and O–H groups in total. The molecule has 0 bridgehead atoms. The zero-order chi connectivity index (χ0) is 20.2. The molecule has 1 saturated heterocycles. The number of likely N-dealkylation sites (tertiary alicyclic amines) is 1. The predicted molar refractivity (Wildman–Crippen MR) is 114 cm³/mol. The molecule has 148 valence electrons. The van der Waals surface area contributed by atoms with Crippen molar-refractivity contribution < 1.29 is 9.59 Å². The zero-order valence-corrected chi connectivity index (χ0v) is 17.4. The average molecular weight is 453 g/mol. The highest BCUT2D eigenvalue weighted by atomic mass is 79.9. The Morgan fingerprint density at radius 3 is 2.55 bits per heavy atom. The first-order valence-electron chi connectivity index (χ1n) is 9.55. The number of benzene rings is 2. The van der Waals surface area contributed by atoms with Gasteiger partial charge in [-0.15, -0.1) is 0 Å². The molecule has 3 aromatic rings. The molecule has 2 amide bonds. The summed E-state index contributed by atoms with van der Waals surface area (Å²) in [6.07, 6.45) is 5.14. The first-order valence-corrected chi connectivity index (χ1v) is 10.3. The fraction of sp³-hybridized carbons (Fsp3) is 0.227. The van der Waals surface area contributed by atoms with Gasteiger partial charge in [-0.2, -0.15) is 5.10 Å². The van der Waals surface area contributed by atoms with Gasteiger partial charge in [0.2, 0.25) is 5.91 Å². The van der Waals surface area contributed by atoms with Crippen molar-refractivity contribution >= 4 is 27.7 Å². The molecule has 0 aliphatic carbocycles. The highest BCUT2D eigenvalue weighted by Gasteiger charge is 2.34. The van der Waals surface area contributed by atoms with Crippen LogP contribution in [0, 0.1) is 0 Å². The number of rotatable bonds is 5. The fourth-order valence-corrected chi connectivity index (χ4v) is 3.80. The third-order valence-corrected chi connectivity index (χ3v) is 5.61. The van der Waals surface area contributed by atoms with E-state index < -0.39 is 6.04 Å². The monoisotopic (exact) mass is 452 g/mol. The number of nitrogens with zero attached hydrogens (tertiary/aromatic N) is 3. The highest BCUT2D eigenvalue weighted by molar-refractivity contribution is 9.10. The first-order chi connectivity index (χ1) is 14.1. The number of amides is 2. The largest absolute Gasteiger partial charge is 0.350 e. The minimum absolute atomic E-state index is 0.0984. The van der Waals surface area contributed by atoms with Crippen LogP contribution in [0.15, 0.2) is 71.5 Å². The van der Waals surface area contributed by atoms with Crippen LogP contribution in [0.3, 0.4) is 0 Å². The Balaban J connectivity index is 1.37. The van der Waals surface area contributed by atoms with Crippen LogP contribution in [0.5, 0.6) is 0 Å². The normalized spacial score (nSPS) is 16.0. The summed E-state index contributed by atoms with van der Waals surface area (Å²) in [7, 11) is 0. The SMILES string of the molecule is O=C(NCc1ccc(-n2cccn2)cc1)C1CCCN1C(=O)c1ccc(Br)cc1. The van der Waals surface area contributed by atoms with E-state index in [1.54, 1.807) is 27.9 Å². The van der Waals surface area contributed by atoms with Crippen molar-refractivity contribution in [1.82, 2.24) is 20.0 Å². The van der Waals surface area contributed by atoms with Crippen molar-refractivity contribution in [1.29, 1.82) is 0 Å².